The van der Waals surface area contributed by atoms with E-state index in [1.165, 1.54) is 17.7 Å². The van der Waals surface area contributed by atoms with Crippen LogP contribution in [0.3, 0.4) is 0 Å². The zero-order valence-electron chi connectivity index (χ0n) is 14.7. The summed E-state index contributed by atoms with van der Waals surface area (Å²) in [6, 6.07) is 8.52. The summed E-state index contributed by atoms with van der Waals surface area (Å²) in [6.07, 6.45) is 1.87. The largest absolute Gasteiger partial charge is 0.481 e. The number of piperazine rings is 1. The van der Waals surface area contributed by atoms with E-state index in [9.17, 15) is 4.39 Å². The molecule has 4 rings (SSSR count). The summed E-state index contributed by atoms with van der Waals surface area (Å²) in [6.45, 7) is 5.48. The lowest BCUT2D eigenvalue weighted by Crippen LogP contribution is -2.45. The molecule has 1 saturated heterocycles. The van der Waals surface area contributed by atoms with Gasteiger partial charge in [0.05, 0.1) is 7.11 Å². The lowest BCUT2D eigenvalue weighted by atomic mass is 10.2. The molecule has 0 amide bonds. The highest BCUT2D eigenvalue weighted by molar-refractivity contribution is 5.79. The number of benzene rings is 1. The number of methoxy groups -OCH3 is 1. The quantitative estimate of drug-likeness (QED) is 0.701. The van der Waals surface area contributed by atoms with E-state index in [0.29, 0.717) is 11.5 Å². The van der Waals surface area contributed by atoms with Gasteiger partial charge in [0.2, 0.25) is 5.88 Å². The Bertz CT molecular complexity index is 873. The van der Waals surface area contributed by atoms with Crippen LogP contribution in [-0.4, -0.2) is 53.2 Å². The van der Waals surface area contributed by atoms with Crippen LogP contribution in [0.2, 0.25) is 0 Å². The van der Waals surface area contributed by atoms with Gasteiger partial charge in [-0.05, 0) is 17.7 Å². The minimum absolute atomic E-state index is 0.304. The van der Waals surface area contributed by atoms with Gasteiger partial charge in [-0.15, -0.1) is 0 Å². The molecule has 26 heavy (non-hydrogen) atoms. The summed E-state index contributed by atoms with van der Waals surface area (Å²) in [7, 11) is 1.62. The molecule has 3 heterocycles. The molecule has 136 valence electrons. The van der Waals surface area contributed by atoms with Crippen molar-refractivity contribution in [3.05, 3.63) is 53.6 Å². The number of rotatable bonds is 5. The van der Waals surface area contributed by atoms with E-state index in [-0.39, 0.29) is 5.82 Å². The molecule has 6 nitrogen and oxygen atoms in total. The molecule has 0 saturated carbocycles. The Morgan fingerprint density at radius 2 is 1.85 bits per heavy atom. The summed E-state index contributed by atoms with van der Waals surface area (Å²) >= 11 is 0. The predicted molar refractivity (Wildman–Crippen MR) is 95.3 cm³/mol. The van der Waals surface area contributed by atoms with Crippen LogP contribution < -0.4 is 4.74 Å². The molecule has 1 aromatic carbocycles. The van der Waals surface area contributed by atoms with Gasteiger partial charge in [-0.3, -0.25) is 9.80 Å². The number of pyridine rings is 1. The molecule has 0 bridgehead atoms. The molecule has 2 aromatic heterocycles. The van der Waals surface area contributed by atoms with Crippen molar-refractivity contribution in [2.24, 2.45) is 0 Å². The van der Waals surface area contributed by atoms with Gasteiger partial charge in [-0.25, -0.2) is 9.37 Å². The first-order chi connectivity index (χ1) is 12.7. The molecular formula is C19H21FN4O2. The van der Waals surface area contributed by atoms with Crippen LogP contribution in [0, 0.1) is 5.82 Å². The van der Waals surface area contributed by atoms with Gasteiger partial charge >= 0.3 is 0 Å². The number of hydrogen-bond donors (Lipinski definition) is 0. The van der Waals surface area contributed by atoms with Gasteiger partial charge in [0.1, 0.15) is 11.5 Å². The summed E-state index contributed by atoms with van der Waals surface area (Å²) < 4.78 is 23.6. The zero-order valence-corrected chi connectivity index (χ0v) is 14.7. The molecule has 0 atom stereocenters. The maximum atomic E-state index is 13.3. The Kier molecular flexibility index (Phi) is 4.81. The van der Waals surface area contributed by atoms with Gasteiger partial charge in [0, 0.05) is 63.0 Å². The first-order valence-electron chi connectivity index (χ1n) is 8.69. The first kappa shape index (κ1) is 16.9. The van der Waals surface area contributed by atoms with Crippen molar-refractivity contribution in [3.63, 3.8) is 0 Å². The number of aromatic nitrogens is 2. The number of ether oxygens (including phenoxy) is 1. The molecule has 1 aliphatic rings. The van der Waals surface area contributed by atoms with Crippen LogP contribution in [0.1, 0.15) is 11.3 Å². The molecule has 0 unspecified atom stereocenters. The van der Waals surface area contributed by atoms with Crippen LogP contribution in [0.4, 0.5) is 4.39 Å². The molecule has 0 radical (unpaired) electrons. The average molecular weight is 356 g/mol. The second kappa shape index (κ2) is 7.39. The summed E-state index contributed by atoms with van der Waals surface area (Å²) in [4.78, 5) is 9.02. The van der Waals surface area contributed by atoms with Gasteiger partial charge < -0.3 is 9.26 Å². The van der Waals surface area contributed by atoms with E-state index in [4.69, 9.17) is 9.26 Å². The molecule has 0 aliphatic carbocycles. The van der Waals surface area contributed by atoms with E-state index in [0.717, 1.165) is 50.3 Å². The number of hydrogen-bond acceptors (Lipinski definition) is 6. The van der Waals surface area contributed by atoms with E-state index in [1.54, 1.807) is 13.2 Å². The molecule has 1 aliphatic heterocycles. The van der Waals surface area contributed by atoms with Crippen LogP contribution in [-0.2, 0) is 13.1 Å². The Morgan fingerprint density at radius 1 is 1.08 bits per heavy atom. The van der Waals surface area contributed by atoms with Crippen LogP contribution >= 0.6 is 0 Å². The zero-order chi connectivity index (χ0) is 17.9. The van der Waals surface area contributed by atoms with Crippen molar-refractivity contribution in [2.75, 3.05) is 33.3 Å². The Labute approximate surface area is 151 Å². The Morgan fingerprint density at radius 3 is 2.54 bits per heavy atom. The average Bonchev–Trinajstić information content (AvgIpc) is 3.06. The second-order valence-electron chi connectivity index (χ2n) is 6.53. The monoisotopic (exact) mass is 356 g/mol. The topological polar surface area (TPSA) is 54.6 Å². The molecule has 0 N–H and O–H groups in total. The molecule has 3 aromatic rings. The van der Waals surface area contributed by atoms with Crippen molar-refractivity contribution in [1.82, 2.24) is 19.9 Å². The minimum Gasteiger partial charge on any atom is -0.481 e. The normalized spacial score (nSPS) is 16.2. The van der Waals surface area contributed by atoms with E-state index < -0.39 is 0 Å². The van der Waals surface area contributed by atoms with E-state index in [2.05, 4.69) is 26.0 Å². The standard InChI is InChI=1S/C19H21FN4O2/c1-25-19-5-2-14(11-21-19)12-23-6-8-24(9-7-23)13-17-16-4-3-15(20)10-18(16)26-22-17/h2-5,10-11H,6-9,12-13H2,1H3. The fourth-order valence-electron chi connectivity index (χ4n) is 3.28. The molecule has 0 spiro atoms. The van der Waals surface area contributed by atoms with Gasteiger partial charge in [-0.1, -0.05) is 11.2 Å². The lowest BCUT2D eigenvalue weighted by molar-refractivity contribution is 0.120. The molecule has 7 heteroatoms. The summed E-state index contributed by atoms with van der Waals surface area (Å²) in [5, 5.41) is 5.00. The third-order valence-electron chi connectivity index (χ3n) is 4.76. The molecular weight excluding hydrogens is 335 g/mol. The maximum absolute atomic E-state index is 13.3. The Balaban J connectivity index is 1.32. The highest BCUT2D eigenvalue weighted by atomic mass is 19.1. The fraction of sp³-hybridized carbons (Fsp3) is 0.368. The highest BCUT2D eigenvalue weighted by Crippen LogP contribution is 2.21. The third kappa shape index (κ3) is 3.68. The van der Waals surface area contributed by atoms with Gasteiger partial charge in [0.25, 0.3) is 0 Å². The van der Waals surface area contributed by atoms with Crippen molar-refractivity contribution >= 4 is 11.0 Å². The SMILES string of the molecule is COc1ccc(CN2CCN(Cc3noc4cc(F)ccc34)CC2)cn1. The number of halogens is 1. The van der Waals surface area contributed by atoms with E-state index >= 15 is 0 Å². The van der Waals surface area contributed by atoms with E-state index in [1.807, 2.05) is 12.3 Å². The lowest BCUT2D eigenvalue weighted by Gasteiger charge is -2.34. The second-order valence-corrected chi connectivity index (χ2v) is 6.53. The van der Waals surface area contributed by atoms with Crippen LogP contribution in [0.15, 0.2) is 41.1 Å². The van der Waals surface area contributed by atoms with Crippen LogP contribution in [0.25, 0.3) is 11.0 Å². The third-order valence-corrected chi connectivity index (χ3v) is 4.76. The predicted octanol–water partition coefficient (Wildman–Crippen LogP) is 2.69. The smallest absolute Gasteiger partial charge is 0.212 e. The molecule has 1 fully saturated rings. The van der Waals surface area contributed by atoms with Crippen molar-refractivity contribution in [1.29, 1.82) is 0 Å². The number of fused-ring (bicyclic) bond motifs is 1. The van der Waals surface area contributed by atoms with Gasteiger partial charge in [0.15, 0.2) is 5.58 Å². The summed E-state index contributed by atoms with van der Waals surface area (Å²) in [5.41, 5.74) is 2.56. The first-order valence-corrected chi connectivity index (χ1v) is 8.69. The van der Waals surface area contributed by atoms with Gasteiger partial charge in [-0.2, -0.15) is 0 Å². The van der Waals surface area contributed by atoms with Crippen molar-refractivity contribution < 1.29 is 13.7 Å². The maximum Gasteiger partial charge on any atom is 0.212 e. The fourth-order valence-corrected chi connectivity index (χ4v) is 3.28. The Hall–Kier alpha value is -2.51. The number of nitrogens with zero attached hydrogens (tertiary/aromatic N) is 4. The summed E-state index contributed by atoms with van der Waals surface area (Å²) in [5.74, 6) is 0.333. The van der Waals surface area contributed by atoms with Crippen LogP contribution in [0.5, 0.6) is 5.88 Å². The van der Waals surface area contributed by atoms with Crippen molar-refractivity contribution in [3.8, 4) is 5.88 Å². The highest BCUT2D eigenvalue weighted by Gasteiger charge is 2.19. The van der Waals surface area contributed by atoms with Crippen molar-refractivity contribution in [2.45, 2.75) is 13.1 Å². The minimum atomic E-state index is -0.304.